The molecule has 0 aliphatic heterocycles. The average Bonchev–Trinajstić information content (AvgIpc) is 2.92. The Hall–Kier alpha value is -2.06. The SMILES string of the molecule is CCc1ccc(CC(O)c2coc3ccccc23)cc1. The van der Waals surface area contributed by atoms with Crippen molar-refractivity contribution in [3.05, 3.63) is 71.5 Å². The van der Waals surface area contributed by atoms with Crippen molar-refractivity contribution in [2.75, 3.05) is 0 Å². The van der Waals surface area contributed by atoms with Gasteiger partial charge in [0.25, 0.3) is 0 Å². The van der Waals surface area contributed by atoms with Gasteiger partial charge in [-0.1, -0.05) is 49.4 Å². The largest absolute Gasteiger partial charge is 0.464 e. The Balaban J connectivity index is 1.83. The Morgan fingerprint density at radius 1 is 1.00 bits per heavy atom. The van der Waals surface area contributed by atoms with Gasteiger partial charge in [-0.2, -0.15) is 0 Å². The summed E-state index contributed by atoms with van der Waals surface area (Å²) in [4.78, 5) is 0. The average molecular weight is 266 g/mol. The van der Waals surface area contributed by atoms with Crippen LogP contribution in [0.1, 0.15) is 29.7 Å². The molecule has 1 heterocycles. The molecule has 1 N–H and O–H groups in total. The Bertz CT molecular complexity index is 695. The molecular weight excluding hydrogens is 248 g/mol. The number of aryl methyl sites for hydroxylation is 1. The van der Waals surface area contributed by atoms with Gasteiger partial charge in [0.05, 0.1) is 12.4 Å². The second-order valence-corrected chi connectivity index (χ2v) is 5.08. The zero-order valence-electron chi connectivity index (χ0n) is 11.5. The minimum absolute atomic E-state index is 0.536. The second kappa shape index (κ2) is 5.51. The van der Waals surface area contributed by atoms with Gasteiger partial charge in [-0.05, 0) is 23.6 Å². The summed E-state index contributed by atoms with van der Waals surface area (Å²) >= 11 is 0. The van der Waals surface area contributed by atoms with Crippen LogP contribution in [-0.2, 0) is 12.8 Å². The van der Waals surface area contributed by atoms with Gasteiger partial charge in [0.2, 0.25) is 0 Å². The molecule has 0 saturated carbocycles. The molecule has 3 rings (SSSR count). The summed E-state index contributed by atoms with van der Waals surface area (Å²) in [6.07, 6.45) is 2.77. The lowest BCUT2D eigenvalue weighted by molar-refractivity contribution is 0.179. The number of aliphatic hydroxyl groups excluding tert-OH is 1. The molecule has 102 valence electrons. The monoisotopic (exact) mass is 266 g/mol. The number of para-hydroxylation sites is 1. The summed E-state index contributed by atoms with van der Waals surface area (Å²) in [7, 11) is 0. The van der Waals surface area contributed by atoms with Crippen LogP contribution in [0.25, 0.3) is 11.0 Å². The highest BCUT2D eigenvalue weighted by Gasteiger charge is 2.14. The van der Waals surface area contributed by atoms with Crippen molar-refractivity contribution in [3.63, 3.8) is 0 Å². The van der Waals surface area contributed by atoms with Crippen molar-refractivity contribution in [1.29, 1.82) is 0 Å². The number of fused-ring (bicyclic) bond motifs is 1. The van der Waals surface area contributed by atoms with Gasteiger partial charge in [0, 0.05) is 17.4 Å². The fourth-order valence-electron chi connectivity index (χ4n) is 2.50. The topological polar surface area (TPSA) is 33.4 Å². The van der Waals surface area contributed by atoms with Crippen LogP contribution in [0, 0.1) is 0 Å². The molecule has 3 aromatic rings. The third-order valence-electron chi connectivity index (χ3n) is 3.73. The molecule has 2 nitrogen and oxygen atoms in total. The molecule has 2 aromatic carbocycles. The standard InChI is InChI=1S/C18H18O2/c1-2-13-7-9-14(10-8-13)11-17(19)16-12-20-18-6-4-3-5-15(16)18/h3-10,12,17,19H,2,11H2,1H3. The summed E-state index contributed by atoms with van der Waals surface area (Å²) in [6, 6.07) is 16.2. The van der Waals surface area contributed by atoms with E-state index < -0.39 is 6.10 Å². The maximum atomic E-state index is 10.4. The van der Waals surface area contributed by atoms with Gasteiger partial charge in [0.1, 0.15) is 5.58 Å². The lowest BCUT2D eigenvalue weighted by Crippen LogP contribution is -2.01. The van der Waals surface area contributed by atoms with Crippen LogP contribution >= 0.6 is 0 Å². The van der Waals surface area contributed by atoms with E-state index in [1.54, 1.807) is 6.26 Å². The maximum Gasteiger partial charge on any atom is 0.134 e. The normalized spacial score (nSPS) is 12.7. The Morgan fingerprint density at radius 3 is 2.45 bits per heavy atom. The fraction of sp³-hybridized carbons (Fsp3) is 0.222. The zero-order chi connectivity index (χ0) is 13.9. The summed E-state index contributed by atoms with van der Waals surface area (Å²) < 4.78 is 5.48. The number of furan rings is 1. The van der Waals surface area contributed by atoms with Crippen molar-refractivity contribution in [2.45, 2.75) is 25.9 Å². The minimum atomic E-state index is -0.536. The number of aliphatic hydroxyl groups is 1. The molecule has 0 amide bonds. The van der Waals surface area contributed by atoms with E-state index in [0.29, 0.717) is 6.42 Å². The van der Waals surface area contributed by atoms with E-state index in [-0.39, 0.29) is 0 Å². The van der Waals surface area contributed by atoms with Gasteiger partial charge >= 0.3 is 0 Å². The molecule has 0 bridgehead atoms. The first-order valence-corrected chi connectivity index (χ1v) is 7.00. The van der Waals surface area contributed by atoms with Crippen LogP contribution in [0.4, 0.5) is 0 Å². The first kappa shape index (κ1) is 12.9. The van der Waals surface area contributed by atoms with Crippen molar-refractivity contribution in [3.8, 4) is 0 Å². The lowest BCUT2D eigenvalue weighted by Gasteiger charge is -2.09. The molecule has 0 radical (unpaired) electrons. The predicted octanol–water partition coefficient (Wildman–Crippen LogP) is 4.27. The molecule has 0 fully saturated rings. The van der Waals surface area contributed by atoms with Gasteiger partial charge < -0.3 is 9.52 Å². The van der Waals surface area contributed by atoms with Crippen LogP contribution in [0.2, 0.25) is 0 Å². The molecule has 1 unspecified atom stereocenters. The van der Waals surface area contributed by atoms with E-state index >= 15 is 0 Å². The van der Waals surface area contributed by atoms with Gasteiger partial charge in [-0.3, -0.25) is 0 Å². The van der Waals surface area contributed by atoms with E-state index in [4.69, 9.17) is 4.42 Å². The number of hydrogen-bond acceptors (Lipinski definition) is 2. The highest BCUT2D eigenvalue weighted by Crippen LogP contribution is 2.28. The first-order valence-electron chi connectivity index (χ1n) is 7.00. The highest BCUT2D eigenvalue weighted by atomic mass is 16.3. The Morgan fingerprint density at radius 2 is 1.70 bits per heavy atom. The molecule has 0 spiro atoms. The summed E-state index contributed by atoms with van der Waals surface area (Å²) in [6.45, 7) is 2.14. The summed E-state index contributed by atoms with van der Waals surface area (Å²) in [5.74, 6) is 0. The fourth-order valence-corrected chi connectivity index (χ4v) is 2.50. The summed E-state index contributed by atoms with van der Waals surface area (Å²) in [5, 5.41) is 11.4. The Kier molecular flexibility index (Phi) is 3.57. The number of hydrogen-bond donors (Lipinski definition) is 1. The quantitative estimate of drug-likeness (QED) is 0.765. The first-order chi connectivity index (χ1) is 9.78. The molecule has 1 atom stereocenters. The zero-order valence-corrected chi connectivity index (χ0v) is 11.5. The van der Waals surface area contributed by atoms with Crippen LogP contribution in [0.5, 0.6) is 0 Å². The minimum Gasteiger partial charge on any atom is -0.464 e. The van der Waals surface area contributed by atoms with E-state index in [1.807, 2.05) is 24.3 Å². The molecule has 0 saturated heterocycles. The van der Waals surface area contributed by atoms with Crippen molar-refractivity contribution in [1.82, 2.24) is 0 Å². The molecule has 0 aliphatic rings. The van der Waals surface area contributed by atoms with Crippen LogP contribution in [0.15, 0.2) is 59.2 Å². The molecule has 20 heavy (non-hydrogen) atoms. The van der Waals surface area contributed by atoms with E-state index in [1.165, 1.54) is 5.56 Å². The number of benzene rings is 2. The maximum absolute atomic E-state index is 10.4. The van der Waals surface area contributed by atoms with Crippen LogP contribution in [0.3, 0.4) is 0 Å². The van der Waals surface area contributed by atoms with Gasteiger partial charge in [0.15, 0.2) is 0 Å². The van der Waals surface area contributed by atoms with Gasteiger partial charge in [-0.15, -0.1) is 0 Å². The molecule has 2 heteroatoms. The third kappa shape index (κ3) is 2.47. The van der Waals surface area contributed by atoms with Crippen LogP contribution < -0.4 is 0 Å². The van der Waals surface area contributed by atoms with Crippen LogP contribution in [-0.4, -0.2) is 5.11 Å². The molecular formula is C18H18O2. The van der Waals surface area contributed by atoms with Crippen molar-refractivity contribution >= 4 is 11.0 Å². The highest BCUT2D eigenvalue weighted by molar-refractivity contribution is 5.81. The molecule has 0 aliphatic carbocycles. The predicted molar refractivity (Wildman–Crippen MR) is 80.7 cm³/mol. The Labute approximate surface area is 118 Å². The number of rotatable bonds is 4. The van der Waals surface area contributed by atoms with E-state index in [9.17, 15) is 5.11 Å². The van der Waals surface area contributed by atoms with E-state index in [0.717, 1.165) is 28.5 Å². The van der Waals surface area contributed by atoms with Crippen molar-refractivity contribution < 1.29 is 9.52 Å². The lowest BCUT2D eigenvalue weighted by atomic mass is 10.00. The smallest absolute Gasteiger partial charge is 0.134 e. The van der Waals surface area contributed by atoms with Gasteiger partial charge in [-0.25, -0.2) is 0 Å². The second-order valence-electron chi connectivity index (χ2n) is 5.08. The third-order valence-corrected chi connectivity index (χ3v) is 3.73. The van der Waals surface area contributed by atoms with E-state index in [2.05, 4.69) is 31.2 Å². The van der Waals surface area contributed by atoms with Crippen molar-refractivity contribution in [2.24, 2.45) is 0 Å². The summed E-state index contributed by atoms with van der Waals surface area (Å²) in [5.41, 5.74) is 4.14. The molecule has 1 aromatic heterocycles.